The van der Waals surface area contributed by atoms with Gasteiger partial charge in [0.1, 0.15) is 5.01 Å². The second-order valence-corrected chi connectivity index (χ2v) is 5.60. The summed E-state index contributed by atoms with van der Waals surface area (Å²) in [7, 11) is 0. The highest BCUT2D eigenvalue weighted by Gasteiger charge is 2.25. The van der Waals surface area contributed by atoms with Crippen LogP contribution in [0.15, 0.2) is 5.38 Å². The summed E-state index contributed by atoms with van der Waals surface area (Å²) in [5, 5.41) is 6.26. The van der Waals surface area contributed by atoms with Gasteiger partial charge in [0.05, 0.1) is 12.3 Å². The fraction of sp³-hybridized carbons (Fsp3) is 0.750. The van der Waals surface area contributed by atoms with Gasteiger partial charge in [0, 0.05) is 31.0 Å². The summed E-state index contributed by atoms with van der Waals surface area (Å²) in [6.07, 6.45) is -2.41. The Kier molecular flexibility index (Phi) is 5.18. The molecule has 0 aliphatic heterocycles. The average molecular weight is 294 g/mol. The molecule has 7 heteroatoms. The number of thiazole rings is 1. The highest BCUT2D eigenvalue weighted by atomic mass is 32.1. The lowest BCUT2D eigenvalue weighted by atomic mass is 10.3. The van der Waals surface area contributed by atoms with E-state index in [1.54, 1.807) is 11.3 Å². The Bertz CT molecular complexity index is 391. The Balaban J connectivity index is 1.57. The van der Waals surface area contributed by atoms with E-state index in [0.29, 0.717) is 6.04 Å². The minimum absolute atomic E-state index is 0.00370. The van der Waals surface area contributed by atoms with Gasteiger partial charge in [0.15, 0.2) is 0 Å². The largest absolute Gasteiger partial charge is 0.389 e. The SMILES string of the molecule is FC(F)(F)CCCOCc1csc(CNC2CC2)n1. The molecule has 1 N–H and O–H groups in total. The smallest absolute Gasteiger partial charge is 0.375 e. The first-order valence-corrected chi connectivity index (χ1v) is 7.22. The molecule has 0 aromatic carbocycles. The first-order valence-electron chi connectivity index (χ1n) is 6.34. The molecule has 0 bridgehead atoms. The maximum atomic E-state index is 11.9. The number of ether oxygens (including phenoxy) is 1. The van der Waals surface area contributed by atoms with Crippen molar-refractivity contribution >= 4 is 11.3 Å². The van der Waals surface area contributed by atoms with E-state index in [1.165, 1.54) is 12.8 Å². The Labute approximate surface area is 114 Å². The van der Waals surface area contributed by atoms with Crippen LogP contribution in [0.2, 0.25) is 0 Å². The second-order valence-electron chi connectivity index (χ2n) is 4.66. The van der Waals surface area contributed by atoms with Gasteiger partial charge in [-0.1, -0.05) is 0 Å². The molecule has 0 atom stereocenters. The van der Waals surface area contributed by atoms with Crippen LogP contribution in [-0.4, -0.2) is 23.8 Å². The lowest BCUT2D eigenvalue weighted by Gasteiger charge is -2.05. The van der Waals surface area contributed by atoms with Crippen LogP contribution in [0.25, 0.3) is 0 Å². The summed E-state index contributed by atoms with van der Waals surface area (Å²) in [6.45, 7) is 1.17. The Morgan fingerprint density at radius 2 is 2.21 bits per heavy atom. The molecule has 1 fully saturated rings. The average Bonchev–Trinajstić information content (AvgIpc) is 3.05. The first-order chi connectivity index (χ1) is 9.03. The van der Waals surface area contributed by atoms with Crippen LogP contribution in [-0.2, 0) is 17.9 Å². The number of halogens is 3. The molecule has 0 radical (unpaired) electrons. The van der Waals surface area contributed by atoms with E-state index >= 15 is 0 Å². The van der Waals surface area contributed by atoms with E-state index in [0.717, 1.165) is 17.2 Å². The molecule has 1 aromatic heterocycles. The van der Waals surface area contributed by atoms with Gasteiger partial charge in [0.25, 0.3) is 0 Å². The van der Waals surface area contributed by atoms with Crippen LogP contribution < -0.4 is 5.32 Å². The number of hydrogen-bond acceptors (Lipinski definition) is 4. The van der Waals surface area contributed by atoms with Gasteiger partial charge < -0.3 is 10.1 Å². The van der Waals surface area contributed by atoms with Gasteiger partial charge in [-0.05, 0) is 19.3 Å². The molecule has 2 rings (SSSR count). The molecule has 108 valence electrons. The molecule has 1 aliphatic carbocycles. The van der Waals surface area contributed by atoms with Crippen molar-refractivity contribution in [2.75, 3.05) is 6.61 Å². The fourth-order valence-corrected chi connectivity index (χ4v) is 2.30. The summed E-state index contributed by atoms with van der Waals surface area (Å²) in [6, 6.07) is 0.644. The Morgan fingerprint density at radius 1 is 1.42 bits per heavy atom. The van der Waals surface area contributed by atoms with Gasteiger partial charge in [-0.15, -0.1) is 11.3 Å². The molecule has 1 aliphatic rings. The highest BCUT2D eigenvalue weighted by molar-refractivity contribution is 7.09. The topological polar surface area (TPSA) is 34.1 Å². The van der Waals surface area contributed by atoms with Crippen molar-refractivity contribution < 1.29 is 17.9 Å². The van der Waals surface area contributed by atoms with Crippen LogP contribution in [0.5, 0.6) is 0 Å². The van der Waals surface area contributed by atoms with Gasteiger partial charge in [-0.25, -0.2) is 4.98 Å². The standard InChI is InChI=1S/C12H17F3N2OS/c13-12(14,15)4-1-5-18-7-10-8-19-11(17-10)6-16-9-2-3-9/h8-9,16H,1-7H2. The van der Waals surface area contributed by atoms with Crippen LogP contribution in [0.4, 0.5) is 13.2 Å². The van der Waals surface area contributed by atoms with Crippen molar-refractivity contribution in [3.63, 3.8) is 0 Å². The maximum Gasteiger partial charge on any atom is 0.389 e. The zero-order valence-electron chi connectivity index (χ0n) is 10.5. The summed E-state index contributed by atoms with van der Waals surface area (Å²) in [5.74, 6) is 0. The Hall–Kier alpha value is -0.660. The van der Waals surface area contributed by atoms with Crippen molar-refractivity contribution in [3.8, 4) is 0 Å². The lowest BCUT2D eigenvalue weighted by molar-refractivity contribution is -0.138. The minimum atomic E-state index is -4.09. The summed E-state index contributed by atoms with van der Waals surface area (Å²) in [4.78, 5) is 4.37. The lowest BCUT2D eigenvalue weighted by Crippen LogP contribution is -2.15. The molecular formula is C12H17F3N2OS. The molecule has 0 unspecified atom stereocenters. The third kappa shape index (κ3) is 6.35. The number of aromatic nitrogens is 1. The zero-order chi connectivity index (χ0) is 13.7. The highest BCUT2D eigenvalue weighted by Crippen LogP contribution is 2.21. The predicted molar refractivity (Wildman–Crippen MR) is 66.9 cm³/mol. The first kappa shape index (κ1) is 14.7. The molecule has 1 aromatic rings. The zero-order valence-corrected chi connectivity index (χ0v) is 11.3. The van der Waals surface area contributed by atoms with E-state index in [1.807, 2.05) is 5.38 Å². The van der Waals surface area contributed by atoms with E-state index in [-0.39, 0.29) is 19.6 Å². The van der Waals surface area contributed by atoms with E-state index in [4.69, 9.17) is 4.74 Å². The van der Waals surface area contributed by atoms with E-state index in [9.17, 15) is 13.2 Å². The molecule has 19 heavy (non-hydrogen) atoms. The molecular weight excluding hydrogens is 277 g/mol. The molecule has 3 nitrogen and oxygen atoms in total. The third-order valence-electron chi connectivity index (χ3n) is 2.72. The summed E-state index contributed by atoms with van der Waals surface area (Å²) >= 11 is 1.55. The number of alkyl halides is 3. The van der Waals surface area contributed by atoms with Crippen LogP contribution in [0.3, 0.4) is 0 Å². The van der Waals surface area contributed by atoms with Crippen LogP contribution in [0, 0.1) is 0 Å². The normalized spacial score (nSPS) is 15.9. The summed E-state index contributed by atoms with van der Waals surface area (Å²) in [5.41, 5.74) is 0.796. The number of hydrogen-bond donors (Lipinski definition) is 1. The van der Waals surface area contributed by atoms with Crippen molar-refractivity contribution in [1.29, 1.82) is 0 Å². The van der Waals surface area contributed by atoms with Gasteiger partial charge in [0.2, 0.25) is 0 Å². The molecule has 0 amide bonds. The quantitative estimate of drug-likeness (QED) is 0.747. The van der Waals surface area contributed by atoms with Crippen molar-refractivity contribution in [2.24, 2.45) is 0 Å². The summed E-state index contributed by atoms with van der Waals surface area (Å²) < 4.78 is 40.9. The minimum Gasteiger partial charge on any atom is -0.375 e. The van der Waals surface area contributed by atoms with Crippen LogP contribution in [0.1, 0.15) is 36.4 Å². The fourth-order valence-electron chi connectivity index (χ4n) is 1.57. The van der Waals surface area contributed by atoms with Crippen molar-refractivity contribution in [1.82, 2.24) is 10.3 Å². The van der Waals surface area contributed by atoms with E-state index < -0.39 is 12.6 Å². The van der Waals surface area contributed by atoms with Gasteiger partial charge in [-0.2, -0.15) is 13.2 Å². The van der Waals surface area contributed by atoms with Crippen molar-refractivity contribution in [3.05, 3.63) is 16.1 Å². The maximum absolute atomic E-state index is 11.9. The van der Waals surface area contributed by atoms with Gasteiger partial charge >= 0.3 is 6.18 Å². The third-order valence-corrected chi connectivity index (χ3v) is 3.62. The second kappa shape index (κ2) is 6.67. The molecule has 0 spiro atoms. The van der Waals surface area contributed by atoms with Gasteiger partial charge in [-0.3, -0.25) is 0 Å². The van der Waals surface area contributed by atoms with Crippen LogP contribution >= 0.6 is 11.3 Å². The molecule has 1 saturated carbocycles. The van der Waals surface area contributed by atoms with Crippen molar-refractivity contribution in [2.45, 2.75) is 51.1 Å². The number of nitrogens with zero attached hydrogens (tertiary/aromatic N) is 1. The van der Waals surface area contributed by atoms with E-state index in [2.05, 4.69) is 10.3 Å². The molecule has 1 heterocycles. The number of rotatable bonds is 8. The monoisotopic (exact) mass is 294 g/mol. The number of nitrogens with one attached hydrogen (secondary N) is 1. The predicted octanol–water partition coefficient (Wildman–Crippen LogP) is 3.25. The molecule has 0 saturated heterocycles. The Morgan fingerprint density at radius 3 is 2.89 bits per heavy atom.